The molecule has 0 aliphatic carbocycles. The van der Waals surface area contributed by atoms with Crippen LogP contribution in [0.15, 0.2) is 46.0 Å². The summed E-state index contributed by atoms with van der Waals surface area (Å²) in [6.07, 6.45) is 2.21. The Bertz CT molecular complexity index is 865. The SMILES string of the molecule is CCC1=C(C(=O)OC)C(c2cccc(F)c2Cl)N=C(c2nccs2)N1. The molecule has 0 saturated heterocycles. The standard InChI is InChI=1S/C17H15ClFN3O2S/c1-3-11-12(17(23)24-2)14(9-5-4-6-10(19)13(9)18)22-15(21-11)16-20-7-8-25-16/h4-8,14H,3H2,1-2H3,(H,21,22). The Morgan fingerprint density at radius 1 is 1.48 bits per heavy atom. The highest BCUT2D eigenvalue weighted by atomic mass is 35.5. The van der Waals surface area contributed by atoms with Crippen LogP contribution in [0, 0.1) is 5.82 Å². The van der Waals surface area contributed by atoms with Gasteiger partial charge in [-0.2, -0.15) is 0 Å². The molecule has 1 aliphatic rings. The number of carbonyl (C=O) groups is 1. The molecule has 1 aromatic heterocycles. The lowest BCUT2D eigenvalue weighted by molar-refractivity contribution is -0.136. The van der Waals surface area contributed by atoms with Crippen molar-refractivity contribution in [2.24, 2.45) is 4.99 Å². The monoisotopic (exact) mass is 379 g/mol. The number of nitrogens with zero attached hydrogens (tertiary/aromatic N) is 2. The number of aliphatic imine (C=N–C) groups is 1. The Kier molecular flexibility index (Phi) is 5.15. The minimum Gasteiger partial charge on any atom is -0.466 e. The summed E-state index contributed by atoms with van der Waals surface area (Å²) in [6.45, 7) is 1.90. The molecule has 130 valence electrons. The van der Waals surface area contributed by atoms with Crippen molar-refractivity contribution >= 4 is 34.7 Å². The molecular weight excluding hydrogens is 365 g/mol. The number of benzene rings is 1. The third-order valence-electron chi connectivity index (χ3n) is 3.80. The molecule has 1 aliphatic heterocycles. The van der Waals surface area contributed by atoms with Crippen LogP contribution < -0.4 is 5.32 Å². The van der Waals surface area contributed by atoms with Gasteiger partial charge in [0.15, 0.2) is 10.8 Å². The Balaban J connectivity index is 2.19. The smallest absolute Gasteiger partial charge is 0.338 e. The van der Waals surface area contributed by atoms with E-state index in [2.05, 4.69) is 15.3 Å². The first kappa shape index (κ1) is 17.6. The molecule has 1 unspecified atom stereocenters. The Morgan fingerprint density at radius 3 is 2.92 bits per heavy atom. The second-order valence-corrected chi connectivity index (χ2v) is 6.50. The zero-order chi connectivity index (χ0) is 18.0. The molecule has 0 bridgehead atoms. The van der Waals surface area contributed by atoms with E-state index in [9.17, 15) is 9.18 Å². The van der Waals surface area contributed by atoms with Gasteiger partial charge >= 0.3 is 5.97 Å². The third-order valence-corrected chi connectivity index (χ3v) is 4.97. The van der Waals surface area contributed by atoms with E-state index >= 15 is 0 Å². The van der Waals surface area contributed by atoms with Gasteiger partial charge < -0.3 is 10.1 Å². The Morgan fingerprint density at radius 2 is 2.28 bits per heavy atom. The minimum atomic E-state index is -0.772. The minimum absolute atomic E-state index is 0.0616. The van der Waals surface area contributed by atoms with Crippen LogP contribution in [-0.2, 0) is 9.53 Å². The van der Waals surface area contributed by atoms with Gasteiger partial charge in [-0.05, 0) is 12.5 Å². The van der Waals surface area contributed by atoms with Crippen LogP contribution >= 0.6 is 22.9 Å². The molecule has 0 spiro atoms. The molecule has 2 heterocycles. The van der Waals surface area contributed by atoms with Crippen molar-refractivity contribution in [3.05, 3.63) is 62.5 Å². The summed E-state index contributed by atoms with van der Waals surface area (Å²) in [7, 11) is 1.30. The lowest BCUT2D eigenvalue weighted by Crippen LogP contribution is -2.33. The molecular formula is C17H15ClFN3O2S. The number of aromatic nitrogens is 1. The Labute approximate surface area is 153 Å². The molecule has 0 fully saturated rings. The number of carbonyl (C=O) groups excluding carboxylic acids is 1. The van der Waals surface area contributed by atoms with Gasteiger partial charge in [-0.25, -0.2) is 14.2 Å². The summed E-state index contributed by atoms with van der Waals surface area (Å²) in [6, 6.07) is 3.68. The second-order valence-electron chi connectivity index (χ2n) is 5.22. The molecule has 0 saturated carbocycles. The predicted octanol–water partition coefficient (Wildman–Crippen LogP) is 3.86. The van der Waals surface area contributed by atoms with Crippen LogP contribution in [0.2, 0.25) is 5.02 Å². The maximum absolute atomic E-state index is 14.0. The van der Waals surface area contributed by atoms with E-state index in [1.807, 2.05) is 12.3 Å². The van der Waals surface area contributed by atoms with Crippen molar-refractivity contribution in [3.8, 4) is 0 Å². The number of hydrogen-bond donors (Lipinski definition) is 1. The topological polar surface area (TPSA) is 63.6 Å². The van der Waals surface area contributed by atoms with E-state index in [-0.39, 0.29) is 5.02 Å². The highest BCUT2D eigenvalue weighted by molar-refractivity contribution is 7.11. The van der Waals surface area contributed by atoms with E-state index < -0.39 is 17.8 Å². The van der Waals surface area contributed by atoms with E-state index in [4.69, 9.17) is 16.3 Å². The zero-order valence-corrected chi connectivity index (χ0v) is 15.1. The second kappa shape index (κ2) is 7.33. The fraction of sp³-hybridized carbons (Fsp3) is 0.235. The summed E-state index contributed by atoms with van der Waals surface area (Å²) >= 11 is 7.56. The fourth-order valence-corrected chi connectivity index (χ4v) is 3.45. The lowest BCUT2D eigenvalue weighted by Gasteiger charge is -2.26. The van der Waals surface area contributed by atoms with E-state index in [1.165, 1.54) is 30.6 Å². The van der Waals surface area contributed by atoms with Gasteiger partial charge in [0, 0.05) is 22.8 Å². The molecule has 1 aromatic carbocycles. The van der Waals surface area contributed by atoms with Crippen LogP contribution in [0.3, 0.4) is 0 Å². The highest BCUT2D eigenvalue weighted by Crippen LogP contribution is 2.37. The van der Waals surface area contributed by atoms with E-state index in [0.717, 1.165) is 0 Å². The van der Waals surface area contributed by atoms with Gasteiger partial charge in [-0.15, -0.1) is 11.3 Å². The third kappa shape index (κ3) is 3.29. The number of rotatable bonds is 4. The predicted molar refractivity (Wildman–Crippen MR) is 95.3 cm³/mol. The maximum atomic E-state index is 14.0. The first-order valence-corrected chi connectivity index (χ1v) is 8.82. The summed E-state index contributed by atoms with van der Waals surface area (Å²) in [4.78, 5) is 21.2. The van der Waals surface area contributed by atoms with Crippen LogP contribution in [-0.4, -0.2) is 23.9 Å². The summed E-state index contributed by atoms with van der Waals surface area (Å²) in [5.74, 6) is -0.576. The summed E-state index contributed by atoms with van der Waals surface area (Å²) in [5.41, 5.74) is 1.37. The number of ether oxygens (including phenoxy) is 1. The number of methoxy groups -OCH3 is 1. The number of nitrogens with one attached hydrogen (secondary N) is 1. The quantitative estimate of drug-likeness (QED) is 0.819. The summed E-state index contributed by atoms with van der Waals surface area (Å²) in [5, 5.41) is 5.58. The van der Waals surface area contributed by atoms with Gasteiger partial charge in [0.1, 0.15) is 11.9 Å². The van der Waals surface area contributed by atoms with Gasteiger partial charge in [0.25, 0.3) is 0 Å². The molecule has 0 radical (unpaired) electrons. The average molecular weight is 380 g/mol. The van der Waals surface area contributed by atoms with Crippen molar-refractivity contribution in [2.45, 2.75) is 19.4 Å². The molecule has 25 heavy (non-hydrogen) atoms. The fourth-order valence-electron chi connectivity index (χ4n) is 2.63. The van der Waals surface area contributed by atoms with E-state index in [0.29, 0.717) is 34.1 Å². The molecule has 1 atom stereocenters. The molecule has 0 amide bonds. The van der Waals surface area contributed by atoms with E-state index in [1.54, 1.807) is 12.3 Å². The number of amidine groups is 1. The number of thiazole rings is 1. The number of halogens is 2. The van der Waals surface area contributed by atoms with Crippen molar-refractivity contribution < 1.29 is 13.9 Å². The zero-order valence-electron chi connectivity index (χ0n) is 13.5. The number of esters is 1. The van der Waals surface area contributed by atoms with Gasteiger partial charge in [0.2, 0.25) is 0 Å². The summed E-state index contributed by atoms with van der Waals surface area (Å²) < 4.78 is 18.9. The first-order chi connectivity index (χ1) is 12.1. The van der Waals surface area contributed by atoms with Crippen LogP contribution in [0.25, 0.3) is 0 Å². The lowest BCUT2D eigenvalue weighted by atomic mass is 9.94. The van der Waals surface area contributed by atoms with Crippen LogP contribution in [0.4, 0.5) is 4.39 Å². The largest absolute Gasteiger partial charge is 0.466 e. The molecule has 8 heteroatoms. The molecule has 2 aromatic rings. The van der Waals surface area contributed by atoms with Crippen LogP contribution in [0.1, 0.15) is 30.0 Å². The first-order valence-electron chi connectivity index (χ1n) is 7.56. The molecule has 1 N–H and O–H groups in total. The van der Waals surface area contributed by atoms with Gasteiger partial charge in [-0.3, -0.25) is 4.99 Å². The van der Waals surface area contributed by atoms with Gasteiger partial charge in [-0.1, -0.05) is 30.7 Å². The number of allylic oxidation sites excluding steroid dienone is 1. The number of hydrogen-bond acceptors (Lipinski definition) is 6. The average Bonchev–Trinajstić information content (AvgIpc) is 3.17. The normalized spacial score (nSPS) is 17.1. The maximum Gasteiger partial charge on any atom is 0.338 e. The van der Waals surface area contributed by atoms with Crippen molar-refractivity contribution in [1.29, 1.82) is 0 Å². The van der Waals surface area contributed by atoms with Crippen molar-refractivity contribution in [2.75, 3.05) is 7.11 Å². The molecule has 5 nitrogen and oxygen atoms in total. The van der Waals surface area contributed by atoms with Crippen molar-refractivity contribution in [1.82, 2.24) is 10.3 Å². The highest BCUT2D eigenvalue weighted by Gasteiger charge is 2.33. The molecule has 3 rings (SSSR count). The van der Waals surface area contributed by atoms with Crippen molar-refractivity contribution in [3.63, 3.8) is 0 Å². The van der Waals surface area contributed by atoms with Gasteiger partial charge in [0.05, 0.1) is 17.7 Å². The Hall–Kier alpha value is -2.25. The van der Waals surface area contributed by atoms with Crippen LogP contribution in [0.5, 0.6) is 0 Å².